The van der Waals surface area contributed by atoms with Crippen molar-refractivity contribution in [2.24, 2.45) is 0 Å². The highest BCUT2D eigenvalue weighted by Gasteiger charge is 2.15. The molecular formula is C23H28N4OS. The summed E-state index contributed by atoms with van der Waals surface area (Å²) in [7, 11) is 0. The highest BCUT2D eigenvalue weighted by molar-refractivity contribution is 7.99. The van der Waals surface area contributed by atoms with Gasteiger partial charge in [-0.05, 0) is 43.9 Å². The van der Waals surface area contributed by atoms with Crippen molar-refractivity contribution in [3.05, 3.63) is 70.5 Å². The van der Waals surface area contributed by atoms with Crippen LogP contribution in [0.25, 0.3) is 0 Å². The van der Waals surface area contributed by atoms with Crippen LogP contribution in [0.2, 0.25) is 0 Å². The molecule has 0 saturated heterocycles. The fourth-order valence-electron chi connectivity index (χ4n) is 3.47. The van der Waals surface area contributed by atoms with Crippen molar-refractivity contribution >= 4 is 23.4 Å². The number of anilines is 1. The number of hydrogen-bond acceptors (Lipinski definition) is 4. The lowest BCUT2D eigenvalue weighted by Crippen LogP contribution is -2.16. The van der Waals surface area contributed by atoms with Gasteiger partial charge in [-0.15, -0.1) is 10.2 Å². The van der Waals surface area contributed by atoms with Crippen molar-refractivity contribution in [2.45, 2.75) is 52.2 Å². The molecule has 0 saturated carbocycles. The maximum absolute atomic E-state index is 12.6. The van der Waals surface area contributed by atoms with Crippen LogP contribution in [0, 0.1) is 20.8 Å². The molecule has 152 valence electrons. The quantitative estimate of drug-likeness (QED) is 0.537. The molecule has 1 amide bonds. The zero-order valence-corrected chi connectivity index (χ0v) is 18.3. The maximum Gasteiger partial charge on any atom is 0.234 e. The summed E-state index contributed by atoms with van der Waals surface area (Å²) in [6.45, 7) is 9.09. The van der Waals surface area contributed by atoms with E-state index in [2.05, 4.69) is 58.2 Å². The van der Waals surface area contributed by atoms with E-state index >= 15 is 0 Å². The van der Waals surface area contributed by atoms with Crippen molar-refractivity contribution in [1.82, 2.24) is 14.8 Å². The predicted molar refractivity (Wildman–Crippen MR) is 120 cm³/mol. The molecule has 0 spiro atoms. The molecule has 3 rings (SSSR count). The third kappa shape index (κ3) is 5.48. The number of aryl methyl sites for hydroxylation is 3. The van der Waals surface area contributed by atoms with E-state index in [0.29, 0.717) is 5.75 Å². The van der Waals surface area contributed by atoms with Crippen LogP contribution in [0.5, 0.6) is 0 Å². The van der Waals surface area contributed by atoms with Gasteiger partial charge in [-0.1, -0.05) is 66.7 Å². The second kappa shape index (κ2) is 9.74. The number of carbonyl (C=O) groups excluding carboxylic acids is 1. The van der Waals surface area contributed by atoms with E-state index in [1.54, 1.807) is 0 Å². The first kappa shape index (κ1) is 21.1. The summed E-state index contributed by atoms with van der Waals surface area (Å²) >= 11 is 1.44. The first-order valence-corrected chi connectivity index (χ1v) is 10.9. The van der Waals surface area contributed by atoms with E-state index < -0.39 is 0 Å². The molecule has 2 aromatic carbocycles. The monoisotopic (exact) mass is 408 g/mol. The molecule has 0 bridgehead atoms. The number of nitrogens with one attached hydrogen (secondary N) is 1. The van der Waals surface area contributed by atoms with Crippen molar-refractivity contribution in [2.75, 3.05) is 11.1 Å². The topological polar surface area (TPSA) is 59.8 Å². The summed E-state index contributed by atoms with van der Waals surface area (Å²) in [6, 6.07) is 14.4. The molecule has 1 aromatic heterocycles. The van der Waals surface area contributed by atoms with E-state index in [0.717, 1.165) is 47.2 Å². The van der Waals surface area contributed by atoms with Crippen LogP contribution in [-0.2, 0) is 17.8 Å². The fourth-order valence-corrected chi connectivity index (χ4v) is 4.25. The number of amides is 1. The molecule has 29 heavy (non-hydrogen) atoms. The summed E-state index contributed by atoms with van der Waals surface area (Å²) in [5.41, 5.74) is 5.48. The first-order valence-electron chi connectivity index (χ1n) is 9.94. The number of thioether (sulfide) groups is 1. The molecular weight excluding hydrogens is 380 g/mol. The lowest BCUT2D eigenvalue weighted by Gasteiger charge is -2.13. The van der Waals surface area contributed by atoms with Gasteiger partial charge >= 0.3 is 0 Å². The van der Waals surface area contributed by atoms with E-state index in [4.69, 9.17) is 0 Å². The smallest absolute Gasteiger partial charge is 0.234 e. The van der Waals surface area contributed by atoms with Gasteiger partial charge in [-0.2, -0.15) is 0 Å². The molecule has 0 aliphatic heterocycles. The zero-order chi connectivity index (χ0) is 20.8. The Morgan fingerprint density at radius 2 is 1.76 bits per heavy atom. The van der Waals surface area contributed by atoms with Crippen molar-refractivity contribution in [1.29, 1.82) is 0 Å². The molecule has 0 aliphatic carbocycles. The summed E-state index contributed by atoms with van der Waals surface area (Å²) in [6.07, 6.45) is 1.73. The molecule has 3 aromatic rings. The zero-order valence-electron chi connectivity index (χ0n) is 17.5. The summed E-state index contributed by atoms with van der Waals surface area (Å²) < 4.78 is 2.13. The number of nitrogens with zero attached hydrogens (tertiary/aromatic N) is 3. The predicted octanol–water partition coefficient (Wildman–Crippen LogP) is 4.93. The van der Waals surface area contributed by atoms with Crippen LogP contribution in [0.15, 0.2) is 47.6 Å². The Hall–Kier alpha value is -2.60. The van der Waals surface area contributed by atoms with Gasteiger partial charge in [0.2, 0.25) is 5.91 Å². The van der Waals surface area contributed by atoms with Gasteiger partial charge in [0.15, 0.2) is 5.16 Å². The third-order valence-electron chi connectivity index (χ3n) is 4.72. The maximum atomic E-state index is 12.6. The Morgan fingerprint density at radius 3 is 2.41 bits per heavy atom. The Kier molecular flexibility index (Phi) is 7.09. The molecule has 6 heteroatoms. The number of aromatic nitrogens is 3. The summed E-state index contributed by atoms with van der Waals surface area (Å²) in [4.78, 5) is 12.6. The van der Waals surface area contributed by atoms with E-state index in [-0.39, 0.29) is 5.91 Å². The fraction of sp³-hybridized carbons (Fsp3) is 0.348. The Morgan fingerprint density at radius 1 is 1.07 bits per heavy atom. The Balaban J connectivity index is 1.68. The van der Waals surface area contributed by atoms with E-state index in [1.165, 1.54) is 22.9 Å². The van der Waals surface area contributed by atoms with E-state index in [1.807, 2.05) is 32.0 Å². The molecule has 1 N–H and O–H groups in total. The normalized spacial score (nSPS) is 10.9. The molecule has 0 unspecified atom stereocenters. The minimum absolute atomic E-state index is 0.0271. The van der Waals surface area contributed by atoms with Gasteiger partial charge in [-0.3, -0.25) is 4.79 Å². The van der Waals surface area contributed by atoms with Gasteiger partial charge in [-0.25, -0.2) is 0 Å². The number of rotatable bonds is 8. The van der Waals surface area contributed by atoms with Crippen molar-refractivity contribution < 1.29 is 4.79 Å². The Bertz CT molecular complexity index is 959. The lowest BCUT2D eigenvalue weighted by molar-refractivity contribution is -0.113. The second-order valence-electron chi connectivity index (χ2n) is 7.32. The van der Waals surface area contributed by atoms with Gasteiger partial charge in [0.25, 0.3) is 0 Å². The molecule has 5 nitrogen and oxygen atoms in total. The number of carbonyl (C=O) groups is 1. The Labute approximate surface area is 176 Å². The second-order valence-corrected chi connectivity index (χ2v) is 8.27. The van der Waals surface area contributed by atoms with Gasteiger partial charge < -0.3 is 9.88 Å². The SMILES string of the molecule is CCCn1c(Cc2ccccc2)nnc1SCC(=O)Nc1c(C)cc(C)cc1C. The number of hydrogen-bond donors (Lipinski definition) is 1. The van der Waals surface area contributed by atoms with Crippen molar-refractivity contribution in [3.8, 4) is 0 Å². The number of benzene rings is 2. The van der Waals surface area contributed by atoms with Crippen LogP contribution >= 0.6 is 11.8 Å². The lowest BCUT2D eigenvalue weighted by atomic mass is 10.1. The van der Waals surface area contributed by atoms with Gasteiger partial charge in [0.05, 0.1) is 5.75 Å². The molecule has 0 atom stereocenters. The molecule has 0 radical (unpaired) electrons. The van der Waals surface area contributed by atoms with E-state index in [9.17, 15) is 4.79 Å². The van der Waals surface area contributed by atoms with Crippen LogP contribution in [0.3, 0.4) is 0 Å². The highest BCUT2D eigenvalue weighted by atomic mass is 32.2. The van der Waals surface area contributed by atoms with Crippen LogP contribution in [0.1, 0.15) is 41.4 Å². The van der Waals surface area contributed by atoms with Gasteiger partial charge in [0.1, 0.15) is 5.82 Å². The molecule has 1 heterocycles. The standard InChI is InChI=1S/C23H28N4OS/c1-5-11-27-20(14-19-9-7-6-8-10-19)25-26-23(27)29-15-21(28)24-22-17(3)12-16(2)13-18(22)4/h6-10,12-13H,5,11,14-15H2,1-4H3,(H,24,28). The average molecular weight is 409 g/mol. The summed E-state index contributed by atoms with van der Waals surface area (Å²) in [5.74, 6) is 1.21. The van der Waals surface area contributed by atoms with Crippen LogP contribution in [-0.4, -0.2) is 26.4 Å². The third-order valence-corrected chi connectivity index (χ3v) is 5.69. The van der Waals surface area contributed by atoms with Crippen LogP contribution < -0.4 is 5.32 Å². The molecule has 0 aliphatic rings. The van der Waals surface area contributed by atoms with Gasteiger partial charge in [0, 0.05) is 18.7 Å². The minimum atomic E-state index is -0.0271. The van der Waals surface area contributed by atoms with Crippen LogP contribution in [0.4, 0.5) is 5.69 Å². The van der Waals surface area contributed by atoms with Crippen molar-refractivity contribution in [3.63, 3.8) is 0 Å². The average Bonchev–Trinajstić information content (AvgIpc) is 3.05. The highest BCUT2D eigenvalue weighted by Crippen LogP contribution is 2.24. The largest absolute Gasteiger partial charge is 0.325 e. The summed E-state index contributed by atoms with van der Waals surface area (Å²) in [5, 5.41) is 12.6. The minimum Gasteiger partial charge on any atom is -0.325 e. The first-order chi connectivity index (χ1) is 14.0. The molecule has 0 fully saturated rings.